The minimum absolute atomic E-state index is 0.173. The van der Waals surface area contributed by atoms with Crippen LogP contribution >= 0.6 is 23.4 Å². The molecule has 0 aliphatic heterocycles. The molecular weight excluding hydrogens is 420 g/mol. The molecule has 0 unspecified atom stereocenters. The van der Waals surface area contributed by atoms with E-state index in [4.69, 9.17) is 11.6 Å². The number of amides is 2. The first-order chi connectivity index (χ1) is 14.4. The minimum Gasteiger partial charge on any atom is -0.352 e. The van der Waals surface area contributed by atoms with Crippen LogP contribution in [0, 0.1) is 13.8 Å². The number of hydrogen-bond donors (Lipinski definition) is 2. The van der Waals surface area contributed by atoms with E-state index in [0.717, 1.165) is 16.3 Å². The van der Waals surface area contributed by atoms with Crippen molar-refractivity contribution in [2.75, 3.05) is 11.9 Å². The molecule has 0 bridgehead atoms. The monoisotopic (exact) mass is 440 g/mol. The first-order valence-electron chi connectivity index (χ1n) is 9.33. The Kier molecular flexibility index (Phi) is 7.43. The second-order valence-corrected chi connectivity index (χ2v) is 8.10. The number of aryl methyl sites for hydroxylation is 2. The van der Waals surface area contributed by atoms with Gasteiger partial charge >= 0.3 is 0 Å². The third-order valence-corrected chi connectivity index (χ3v) is 5.18. The first-order valence-corrected chi connectivity index (χ1v) is 10.5. The Morgan fingerprint density at radius 1 is 0.967 bits per heavy atom. The van der Waals surface area contributed by atoms with Crippen LogP contribution in [0.3, 0.4) is 0 Å². The number of hydrogen-bond acceptors (Lipinski definition) is 5. The summed E-state index contributed by atoms with van der Waals surface area (Å²) in [4.78, 5) is 34.0. The number of anilines is 1. The van der Waals surface area contributed by atoms with Crippen molar-refractivity contribution in [3.05, 3.63) is 76.6 Å². The Bertz CT molecular complexity index is 1020. The third kappa shape index (κ3) is 6.57. The molecule has 2 N–H and O–H groups in total. The highest BCUT2D eigenvalue weighted by atomic mass is 35.5. The molecule has 2 aromatic carbocycles. The lowest BCUT2D eigenvalue weighted by molar-refractivity contribution is -0.116. The molecule has 0 saturated carbocycles. The zero-order valence-electron chi connectivity index (χ0n) is 16.6. The van der Waals surface area contributed by atoms with E-state index in [1.165, 1.54) is 11.8 Å². The predicted octanol–water partition coefficient (Wildman–Crippen LogP) is 4.66. The molecule has 154 valence electrons. The molecule has 2 amide bonds. The van der Waals surface area contributed by atoms with Gasteiger partial charge in [-0.3, -0.25) is 9.59 Å². The third-order valence-electron chi connectivity index (χ3n) is 4.05. The van der Waals surface area contributed by atoms with E-state index in [9.17, 15) is 9.59 Å². The van der Waals surface area contributed by atoms with E-state index in [0.29, 0.717) is 21.4 Å². The molecule has 3 rings (SSSR count). The standard InChI is InChI=1S/C22H21ClN4O2S/c1-14-13-15(2)26-22(25-14)30-19-9-7-18(8-10-19)27-20(28)11-12-24-21(29)16-3-5-17(23)6-4-16/h3-10,13H,11-12H2,1-2H3,(H,24,29)(H,27,28). The van der Waals surface area contributed by atoms with E-state index in [1.54, 1.807) is 24.3 Å². The number of carbonyl (C=O) groups excluding carboxylic acids is 2. The van der Waals surface area contributed by atoms with Crippen LogP contribution in [0.5, 0.6) is 0 Å². The lowest BCUT2D eigenvalue weighted by Crippen LogP contribution is -2.27. The van der Waals surface area contributed by atoms with Crippen LogP contribution in [0.1, 0.15) is 28.2 Å². The largest absolute Gasteiger partial charge is 0.352 e. The first kappa shape index (κ1) is 21.8. The Balaban J connectivity index is 1.46. The summed E-state index contributed by atoms with van der Waals surface area (Å²) in [6, 6.07) is 16.0. The Hall–Kier alpha value is -2.90. The van der Waals surface area contributed by atoms with E-state index in [1.807, 2.05) is 44.2 Å². The summed E-state index contributed by atoms with van der Waals surface area (Å²) in [5.41, 5.74) is 3.05. The lowest BCUT2D eigenvalue weighted by Gasteiger charge is -2.08. The molecule has 30 heavy (non-hydrogen) atoms. The van der Waals surface area contributed by atoms with Crippen LogP contribution in [0.2, 0.25) is 5.02 Å². The van der Waals surface area contributed by atoms with Crippen molar-refractivity contribution in [2.45, 2.75) is 30.3 Å². The van der Waals surface area contributed by atoms with E-state index < -0.39 is 0 Å². The fraction of sp³-hybridized carbons (Fsp3) is 0.182. The van der Waals surface area contributed by atoms with E-state index >= 15 is 0 Å². The van der Waals surface area contributed by atoms with Crippen molar-refractivity contribution in [3.8, 4) is 0 Å². The number of nitrogens with one attached hydrogen (secondary N) is 2. The second-order valence-electron chi connectivity index (χ2n) is 6.62. The van der Waals surface area contributed by atoms with E-state index in [2.05, 4.69) is 20.6 Å². The molecule has 0 radical (unpaired) electrons. The molecule has 0 spiro atoms. The molecule has 0 fully saturated rings. The predicted molar refractivity (Wildman–Crippen MR) is 119 cm³/mol. The summed E-state index contributed by atoms with van der Waals surface area (Å²) >= 11 is 7.28. The number of halogens is 1. The molecule has 6 nitrogen and oxygen atoms in total. The molecule has 8 heteroatoms. The molecule has 0 aliphatic carbocycles. The van der Waals surface area contributed by atoms with Gasteiger partial charge < -0.3 is 10.6 Å². The van der Waals surface area contributed by atoms with Crippen LogP contribution in [0.4, 0.5) is 5.69 Å². The topological polar surface area (TPSA) is 84.0 Å². The summed E-state index contributed by atoms with van der Waals surface area (Å²) in [7, 11) is 0. The maximum absolute atomic E-state index is 12.1. The summed E-state index contributed by atoms with van der Waals surface area (Å²) in [5, 5.41) is 6.81. The highest BCUT2D eigenvalue weighted by molar-refractivity contribution is 7.99. The number of benzene rings is 2. The molecule has 0 saturated heterocycles. The van der Waals surface area contributed by atoms with Gasteiger partial charge in [0.2, 0.25) is 5.91 Å². The fourth-order valence-electron chi connectivity index (χ4n) is 2.67. The summed E-state index contributed by atoms with van der Waals surface area (Å²) in [5.74, 6) is -0.418. The van der Waals surface area contributed by atoms with Gasteiger partial charge in [-0.2, -0.15) is 0 Å². The normalized spacial score (nSPS) is 10.5. The lowest BCUT2D eigenvalue weighted by atomic mass is 10.2. The van der Waals surface area contributed by atoms with Crippen LogP contribution in [0.25, 0.3) is 0 Å². The maximum atomic E-state index is 12.1. The average Bonchev–Trinajstić information content (AvgIpc) is 2.69. The van der Waals surface area contributed by atoms with Gasteiger partial charge in [0.05, 0.1) is 0 Å². The number of aromatic nitrogens is 2. The Labute approximate surface area is 184 Å². The Morgan fingerprint density at radius 2 is 1.60 bits per heavy atom. The van der Waals surface area contributed by atoms with Crippen molar-refractivity contribution < 1.29 is 9.59 Å². The molecular formula is C22H21ClN4O2S. The van der Waals surface area contributed by atoms with Crippen LogP contribution in [-0.2, 0) is 4.79 Å². The Morgan fingerprint density at radius 3 is 2.23 bits per heavy atom. The van der Waals surface area contributed by atoms with Crippen molar-refractivity contribution in [2.24, 2.45) is 0 Å². The molecule has 1 aromatic heterocycles. The number of rotatable bonds is 7. The van der Waals surface area contributed by atoms with E-state index in [-0.39, 0.29) is 24.8 Å². The van der Waals surface area contributed by atoms with Gasteiger partial charge in [0.25, 0.3) is 5.91 Å². The fourth-order valence-corrected chi connectivity index (χ4v) is 3.66. The quantitative estimate of drug-likeness (QED) is 0.522. The highest BCUT2D eigenvalue weighted by Gasteiger charge is 2.08. The van der Waals surface area contributed by atoms with Crippen LogP contribution in [0.15, 0.2) is 64.6 Å². The average molecular weight is 441 g/mol. The highest BCUT2D eigenvalue weighted by Crippen LogP contribution is 2.26. The minimum atomic E-state index is -0.241. The molecule has 0 aliphatic rings. The molecule has 1 heterocycles. The zero-order chi connectivity index (χ0) is 21.5. The molecule has 3 aromatic rings. The summed E-state index contributed by atoms with van der Waals surface area (Å²) < 4.78 is 0. The number of nitrogens with zero attached hydrogens (tertiary/aromatic N) is 2. The van der Waals surface area contributed by atoms with Gasteiger partial charge in [-0.25, -0.2) is 9.97 Å². The SMILES string of the molecule is Cc1cc(C)nc(Sc2ccc(NC(=O)CCNC(=O)c3ccc(Cl)cc3)cc2)n1. The van der Waals surface area contributed by atoms with Crippen LogP contribution < -0.4 is 10.6 Å². The van der Waals surface area contributed by atoms with Crippen LogP contribution in [-0.4, -0.2) is 28.3 Å². The maximum Gasteiger partial charge on any atom is 0.251 e. The second kappa shape index (κ2) is 10.2. The van der Waals surface area contributed by atoms with Gasteiger partial charge in [0.1, 0.15) is 0 Å². The van der Waals surface area contributed by atoms with Crippen molar-refractivity contribution in [1.82, 2.24) is 15.3 Å². The van der Waals surface area contributed by atoms with Gasteiger partial charge in [-0.05, 0) is 80.2 Å². The smallest absolute Gasteiger partial charge is 0.251 e. The van der Waals surface area contributed by atoms with Gasteiger partial charge in [-0.15, -0.1) is 0 Å². The van der Waals surface area contributed by atoms with Crippen molar-refractivity contribution in [1.29, 1.82) is 0 Å². The van der Waals surface area contributed by atoms with Gasteiger partial charge in [0, 0.05) is 45.5 Å². The summed E-state index contributed by atoms with van der Waals surface area (Å²) in [6.07, 6.45) is 0.173. The molecule has 0 atom stereocenters. The van der Waals surface area contributed by atoms with Gasteiger partial charge in [-0.1, -0.05) is 11.6 Å². The zero-order valence-corrected chi connectivity index (χ0v) is 18.2. The van der Waals surface area contributed by atoms with Crippen molar-refractivity contribution >= 4 is 40.9 Å². The summed E-state index contributed by atoms with van der Waals surface area (Å²) in [6.45, 7) is 4.12. The van der Waals surface area contributed by atoms with Crippen molar-refractivity contribution in [3.63, 3.8) is 0 Å². The number of carbonyl (C=O) groups is 2. The van der Waals surface area contributed by atoms with Gasteiger partial charge in [0.15, 0.2) is 5.16 Å².